The van der Waals surface area contributed by atoms with Gasteiger partial charge < -0.3 is 15.4 Å². The lowest BCUT2D eigenvalue weighted by atomic mass is 10.2. The van der Waals surface area contributed by atoms with Gasteiger partial charge in [-0.1, -0.05) is 0 Å². The summed E-state index contributed by atoms with van der Waals surface area (Å²) in [5.41, 5.74) is -0.165. The molecule has 1 unspecified atom stereocenters. The highest BCUT2D eigenvalue weighted by molar-refractivity contribution is 5.91. The average molecular weight is 225 g/mol. The summed E-state index contributed by atoms with van der Waals surface area (Å²) in [5, 5.41) is 11.6. The summed E-state index contributed by atoms with van der Waals surface area (Å²) in [6.45, 7) is 2.18. The van der Waals surface area contributed by atoms with Crippen molar-refractivity contribution >= 4 is 5.91 Å². The molecule has 0 aliphatic carbocycles. The van der Waals surface area contributed by atoms with E-state index in [9.17, 15) is 9.59 Å². The zero-order valence-corrected chi connectivity index (χ0v) is 9.06. The van der Waals surface area contributed by atoms with Crippen molar-refractivity contribution in [2.45, 2.75) is 25.9 Å². The van der Waals surface area contributed by atoms with Gasteiger partial charge in [-0.25, -0.2) is 4.98 Å². The van der Waals surface area contributed by atoms with Gasteiger partial charge in [-0.15, -0.1) is 0 Å². The monoisotopic (exact) mass is 225 g/mol. The first-order valence-corrected chi connectivity index (χ1v) is 5.10. The lowest BCUT2D eigenvalue weighted by Crippen LogP contribution is -2.26. The Morgan fingerprint density at radius 1 is 1.69 bits per heavy atom. The number of hydrogen-bond acceptors (Lipinski definition) is 4. The van der Waals surface area contributed by atoms with Gasteiger partial charge in [-0.3, -0.25) is 9.59 Å². The minimum Gasteiger partial charge on any atom is -0.393 e. The standard InChI is InChI=1S/C10H15N3O3/c1-7(14)3-2-4-11-10(16)8-5-13-9(15)6-12-8/h5-7,14H,2-4H2,1H3,(H,11,16)(H,13,15). The predicted octanol–water partition coefficient (Wildman–Crippen LogP) is -0.339. The molecule has 0 saturated heterocycles. The second-order valence-electron chi connectivity index (χ2n) is 3.54. The number of amides is 1. The molecule has 1 heterocycles. The number of aromatic amines is 1. The molecule has 0 aliphatic heterocycles. The predicted molar refractivity (Wildman–Crippen MR) is 58.1 cm³/mol. The van der Waals surface area contributed by atoms with Crippen LogP contribution < -0.4 is 10.9 Å². The third-order valence-electron chi connectivity index (χ3n) is 1.99. The van der Waals surface area contributed by atoms with E-state index in [2.05, 4.69) is 15.3 Å². The molecule has 0 aliphatic rings. The van der Waals surface area contributed by atoms with Crippen molar-refractivity contribution in [1.82, 2.24) is 15.3 Å². The molecule has 6 nitrogen and oxygen atoms in total. The van der Waals surface area contributed by atoms with Gasteiger partial charge in [0.25, 0.3) is 11.5 Å². The Kier molecular flexibility index (Phi) is 4.65. The number of aliphatic hydroxyl groups excluding tert-OH is 1. The molecule has 1 aromatic heterocycles. The van der Waals surface area contributed by atoms with Crippen LogP contribution >= 0.6 is 0 Å². The quantitative estimate of drug-likeness (QED) is 0.597. The molecule has 1 rings (SSSR count). The fourth-order valence-electron chi connectivity index (χ4n) is 1.16. The van der Waals surface area contributed by atoms with E-state index in [-0.39, 0.29) is 23.3 Å². The van der Waals surface area contributed by atoms with E-state index in [1.165, 1.54) is 6.20 Å². The van der Waals surface area contributed by atoms with Crippen LogP contribution in [0.2, 0.25) is 0 Å². The maximum absolute atomic E-state index is 11.4. The van der Waals surface area contributed by atoms with E-state index in [4.69, 9.17) is 5.11 Å². The number of carbonyl (C=O) groups is 1. The molecule has 0 spiro atoms. The molecule has 0 radical (unpaired) electrons. The Bertz CT molecular complexity index is 380. The first kappa shape index (κ1) is 12.4. The van der Waals surface area contributed by atoms with E-state index in [0.717, 1.165) is 6.20 Å². The summed E-state index contributed by atoms with van der Waals surface area (Å²) in [6, 6.07) is 0. The molecule has 1 atom stereocenters. The van der Waals surface area contributed by atoms with Crippen LogP contribution in [0.15, 0.2) is 17.2 Å². The molecule has 0 bridgehead atoms. The number of nitrogens with one attached hydrogen (secondary N) is 2. The zero-order valence-electron chi connectivity index (χ0n) is 9.06. The Labute approximate surface area is 92.7 Å². The van der Waals surface area contributed by atoms with E-state index < -0.39 is 0 Å². The van der Waals surface area contributed by atoms with Crippen LogP contribution in [0.3, 0.4) is 0 Å². The molecule has 0 saturated carbocycles. The van der Waals surface area contributed by atoms with Gasteiger partial charge in [0.15, 0.2) is 0 Å². The van der Waals surface area contributed by atoms with Crippen LogP contribution in [0.25, 0.3) is 0 Å². The fourth-order valence-corrected chi connectivity index (χ4v) is 1.16. The lowest BCUT2D eigenvalue weighted by Gasteiger charge is -2.05. The molecule has 6 heteroatoms. The van der Waals surface area contributed by atoms with Crippen molar-refractivity contribution in [2.24, 2.45) is 0 Å². The zero-order chi connectivity index (χ0) is 12.0. The number of nitrogens with zero attached hydrogens (tertiary/aromatic N) is 1. The van der Waals surface area contributed by atoms with E-state index in [1.807, 2.05) is 0 Å². The van der Waals surface area contributed by atoms with Crippen LogP contribution in [-0.2, 0) is 0 Å². The smallest absolute Gasteiger partial charge is 0.271 e. The average Bonchev–Trinajstić information content (AvgIpc) is 2.25. The second-order valence-corrected chi connectivity index (χ2v) is 3.54. The molecular weight excluding hydrogens is 210 g/mol. The number of aliphatic hydroxyl groups is 1. The normalized spacial score (nSPS) is 12.1. The minimum atomic E-state index is -0.358. The summed E-state index contributed by atoms with van der Waals surface area (Å²) < 4.78 is 0. The highest BCUT2D eigenvalue weighted by Crippen LogP contribution is 1.94. The Morgan fingerprint density at radius 3 is 3.00 bits per heavy atom. The lowest BCUT2D eigenvalue weighted by molar-refractivity contribution is 0.0944. The van der Waals surface area contributed by atoms with Crippen LogP contribution in [0.5, 0.6) is 0 Å². The molecular formula is C10H15N3O3. The molecule has 1 amide bonds. The van der Waals surface area contributed by atoms with Gasteiger partial charge in [0.2, 0.25) is 0 Å². The van der Waals surface area contributed by atoms with Crippen molar-refractivity contribution in [3.8, 4) is 0 Å². The van der Waals surface area contributed by atoms with Gasteiger partial charge in [0, 0.05) is 12.7 Å². The van der Waals surface area contributed by atoms with Crippen molar-refractivity contribution in [1.29, 1.82) is 0 Å². The summed E-state index contributed by atoms with van der Waals surface area (Å²) in [7, 11) is 0. The van der Waals surface area contributed by atoms with Crippen molar-refractivity contribution in [2.75, 3.05) is 6.54 Å². The van der Waals surface area contributed by atoms with E-state index >= 15 is 0 Å². The van der Waals surface area contributed by atoms with Crippen LogP contribution in [0, 0.1) is 0 Å². The molecule has 88 valence electrons. The van der Waals surface area contributed by atoms with Crippen LogP contribution in [0.4, 0.5) is 0 Å². The van der Waals surface area contributed by atoms with Gasteiger partial charge in [0.1, 0.15) is 5.69 Å². The number of hydrogen-bond donors (Lipinski definition) is 3. The van der Waals surface area contributed by atoms with Gasteiger partial charge in [-0.2, -0.15) is 0 Å². The fraction of sp³-hybridized carbons (Fsp3) is 0.500. The SMILES string of the molecule is CC(O)CCCNC(=O)c1c[nH]c(=O)cn1. The number of carbonyl (C=O) groups excluding carboxylic acids is 1. The first-order valence-electron chi connectivity index (χ1n) is 5.10. The van der Waals surface area contributed by atoms with Crippen molar-refractivity contribution < 1.29 is 9.90 Å². The largest absolute Gasteiger partial charge is 0.393 e. The highest BCUT2D eigenvalue weighted by atomic mass is 16.3. The number of aromatic nitrogens is 2. The maximum atomic E-state index is 11.4. The van der Waals surface area contributed by atoms with Crippen molar-refractivity contribution in [3.63, 3.8) is 0 Å². The Hall–Kier alpha value is -1.69. The summed E-state index contributed by atoms with van der Waals surface area (Å²) >= 11 is 0. The number of rotatable bonds is 5. The Morgan fingerprint density at radius 2 is 2.44 bits per heavy atom. The van der Waals surface area contributed by atoms with Gasteiger partial charge >= 0.3 is 0 Å². The highest BCUT2D eigenvalue weighted by Gasteiger charge is 2.06. The minimum absolute atomic E-state index is 0.177. The summed E-state index contributed by atoms with van der Waals surface area (Å²) in [5.74, 6) is -0.332. The molecule has 0 fully saturated rings. The van der Waals surface area contributed by atoms with Gasteiger partial charge in [-0.05, 0) is 19.8 Å². The summed E-state index contributed by atoms with van der Waals surface area (Å²) in [4.78, 5) is 28.2. The van der Waals surface area contributed by atoms with Crippen molar-refractivity contribution in [3.05, 3.63) is 28.4 Å². The van der Waals surface area contributed by atoms with Crippen LogP contribution in [-0.4, -0.2) is 33.6 Å². The van der Waals surface area contributed by atoms with Crippen LogP contribution in [0.1, 0.15) is 30.3 Å². The molecule has 16 heavy (non-hydrogen) atoms. The maximum Gasteiger partial charge on any atom is 0.271 e. The number of H-pyrrole nitrogens is 1. The molecule has 0 aromatic carbocycles. The Balaban J connectivity index is 2.35. The molecule has 3 N–H and O–H groups in total. The van der Waals surface area contributed by atoms with Gasteiger partial charge in [0.05, 0.1) is 12.3 Å². The first-order chi connectivity index (χ1) is 7.59. The third-order valence-corrected chi connectivity index (χ3v) is 1.99. The van der Waals surface area contributed by atoms with E-state index in [0.29, 0.717) is 19.4 Å². The second kappa shape index (κ2) is 6.02. The third kappa shape index (κ3) is 4.22. The topological polar surface area (TPSA) is 95.1 Å². The molecule has 1 aromatic rings. The van der Waals surface area contributed by atoms with E-state index in [1.54, 1.807) is 6.92 Å². The summed E-state index contributed by atoms with van der Waals surface area (Å²) in [6.07, 6.45) is 3.31.